The van der Waals surface area contributed by atoms with E-state index in [0.29, 0.717) is 16.7 Å². The van der Waals surface area contributed by atoms with Gasteiger partial charge in [0.15, 0.2) is 5.65 Å². The number of nitro benzene ring substituents is 1. The van der Waals surface area contributed by atoms with Gasteiger partial charge in [-0.15, -0.1) is 0 Å². The topological polar surface area (TPSA) is 111 Å². The van der Waals surface area contributed by atoms with Gasteiger partial charge in [-0.25, -0.2) is 19.5 Å². The van der Waals surface area contributed by atoms with Gasteiger partial charge in [-0.3, -0.25) is 10.1 Å². The molecule has 1 N–H and O–H groups in total. The zero-order valence-electron chi connectivity index (χ0n) is 15.6. The number of hydrogen-bond acceptors (Lipinski definition) is 7. The van der Waals surface area contributed by atoms with E-state index < -0.39 is 4.92 Å². The summed E-state index contributed by atoms with van der Waals surface area (Å²) in [5.74, 6) is 0.522. The highest BCUT2D eigenvalue weighted by Gasteiger charge is 2.11. The molecule has 0 bridgehead atoms. The van der Waals surface area contributed by atoms with E-state index in [-0.39, 0.29) is 5.69 Å². The van der Waals surface area contributed by atoms with Crippen LogP contribution in [-0.4, -0.2) is 29.5 Å². The van der Waals surface area contributed by atoms with Gasteiger partial charge in [-0.2, -0.15) is 5.10 Å². The Balaban J connectivity index is 1.38. The molecule has 0 radical (unpaired) electrons. The molecule has 0 spiro atoms. The molecule has 0 aliphatic carbocycles. The fourth-order valence-corrected chi connectivity index (χ4v) is 3.30. The van der Waals surface area contributed by atoms with Gasteiger partial charge in [0.2, 0.25) is 0 Å². The zero-order chi connectivity index (χ0) is 20.5. The Hall–Kier alpha value is -4.40. The smallest absolute Gasteiger partial charge is 0.270 e. The summed E-state index contributed by atoms with van der Waals surface area (Å²) in [5, 5.41) is 19.0. The number of nitro groups is 1. The van der Waals surface area contributed by atoms with Crippen LogP contribution in [0.4, 0.5) is 17.2 Å². The van der Waals surface area contributed by atoms with Crippen molar-refractivity contribution in [1.82, 2.24) is 24.6 Å². The van der Waals surface area contributed by atoms with Crippen molar-refractivity contribution in [3.05, 3.63) is 94.7 Å². The molecule has 5 rings (SSSR count). The number of rotatable bonds is 5. The first kappa shape index (κ1) is 17.7. The van der Waals surface area contributed by atoms with E-state index >= 15 is 0 Å². The summed E-state index contributed by atoms with van der Waals surface area (Å²) in [7, 11) is 0. The van der Waals surface area contributed by atoms with Crippen molar-refractivity contribution in [2.24, 2.45) is 0 Å². The monoisotopic (exact) mass is 397 g/mol. The number of pyridine rings is 1. The summed E-state index contributed by atoms with van der Waals surface area (Å²) in [6.07, 6.45) is 5.63. The lowest BCUT2D eigenvalue weighted by Gasteiger charge is -2.09. The molecule has 146 valence electrons. The molecule has 0 amide bonds. The molecule has 0 unspecified atom stereocenters. The molecule has 9 heteroatoms. The molecule has 0 saturated heterocycles. The quantitative estimate of drug-likeness (QED) is 0.353. The van der Waals surface area contributed by atoms with E-state index in [1.54, 1.807) is 10.6 Å². The molecule has 3 aromatic heterocycles. The highest BCUT2D eigenvalue weighted by molar-refractivity contribution is 5.92. The van der Waals surface area contributed by atoms with Gasteiger partial charge < -0.3 is 5.32 Å². The molecule has 3 heterocycles. The van der Waals surface area contributed by atoms with Crippen LogP contribution in [-0.2, 0) is 6.42 Å². The molecule has 0 fully saturated rings. The van der Waals surface area contributed by atoms with Crippen LogP contribution in [0, 0.1) is 10.1 Å². The number of anilines is 2. The van der Waals surface area contributed by atoms with Crippen molar-refractivity contribution in [2.45, 2.75) is 6.42 Å². The number of aromatic nitrogens is 5. The van der Waals surface area contributed by atoms with Crippen molar-refractivity contribution in [2.75, 3.05) is 5.32 Å². The van der Waals surface area contributed by atoms with Crippen LogP contribution < -0.4 is 5.32 Å². The normalized spacial score (nSPS) is 11.1. The van der Waals surface area contributed by atoms with E-state index in [9.17, 15) is 10.1 Å². The first-order valence-electron chi connectivity index (χ1n) is 9.19. The predicted octanol–water partition coefficient (Wildman–Crippen LogP) is 3.92. The molecule has 9 nitrogen and oxygen atoms in total. The van der Waals surface area contributed by atoms with Crippen LogP contribution >= 0.6 is 0 Å². The predicted molar refractivity (Wildman–Crippen MR) is 112 cm³/mol. The third-order valence-electron chi connectivity index (χ3n) is 4.80. The fourth-order valence-electron chi connectivity index (χ4n) is 3.30. The zero-order valence-corrected chi connectivity index (χ0v) is 15.6. The highest BCUT2D eigenvalue weighted by Crippen LogP contribution is 2.27. The molecular formula is C21H15N7O2. The van der Waals surface area contributed by atoms with Crippen molar-refractivity contribution in [3.8, 4) is 0 Å². The Bertz CT molecular complexity index is 1380. The third kappa shape index (κ3) is 3.39. The van der Waals surface area contributed by atoms with Crippen LogP contribution in [0.1, 0.15) is 11.1 Å². The van der Waals surface area contributed by atoms with E-state index in [0.717, 1.165) is 28.9 Å². The van der Waals surface area contributed by atoms with Crippen LogP contribution in [0.2, 0.25) is 0 Å². The van der Waals surface area contributed by atoms with Gasteiger partial charge in [0.25, 0.3) is 5.69 Å². The van der Waals surface area contributed by atoms with Gasteiger partial charge in [0, 0.05) is 29.4 Å². The molecule has 0 aliphatic rings. The van der Waals surface area contributed by atoms with Crippen molar-refractivity contribution < 1.29 is 4.92 Å². The number of hydrogen-bond donors (Lipinski definition) is 1. The Morgan fingerprint density at radius 2 is 1.80 bits per heavy atom. The summed E-state index contributed by atoms with van der Waals surface area (Å²) in [6.45, 7) is 0. The minimum atomic E-state index is -0.429. The molecule has 2 aromatic carbocycles. The first-order valence-corrected chi connectivity index (χ1v) is 9.19. The average Bonchev–Trinajstić information content (AvgIpc) is 3.23. The highest BCUT2D eigenvalue weighted by atomic mass is 16.6. The van der Waals surface area contributed by atoms with E-state index in [4.69, 9.17) is 0 Å². The maximum absolute atomic E-state index is 11.1. The Labute approximate surface area is 170 Å². The summed E-state index contributed by atoms with van der Waals surface area (Å²) < 4.78 is 1.73. The van der Waals surface area contributed by atoms with E-state index in [2.05, 4.69) is 25.4 Å². The SMILES string of the molecule is O=[N+]([O-])c1ccc2ncnc(Nc3ccc(Cc4ccn5ncnc5c4)cc3)c2c1. The maximum atomic E-state index is 11.1. The molecule has 30 heavy (non-hydrogen) atoms. The lowest BCUT2D eigenvalue weighted by atomic mass is 10.1. The van der Waals surface area contributed by atoms with Crippen LogP contribution in [0.5, 0.6) is 0 Å². The van der Waals surface area contributed by atoms with Gasteiger partial charge >= 0.3 is 0 Å². The Morgan fingerprint density at radius 1 is 0.933 bits per heavy atom. The number of nitrogens with zero attached hydrogens (tertiary/aromatic N) is 6. The number of non-ortho nitro benzene ring substituents is 1. The molecule has 5 aromatic rings. The van der Waals surface area contributed by atoms with Crippen LogP contribution in [0.15, 0.2) is 73.4 Å². The van der Waals surface area contributed by atoms with Gasteiger partial charge in [0.1, 0.15) is 18.5 Å². The number of fused-ring (bicyclic) bond motifs is 2. The van der Waals surface area contributed by atoms with E-state index in [1.165, 1.54) is 24.8 Å². The second kappa shape index (κ2) is 7.21. The second-order valence-corrected chi connectivity index (χ2v) is 6.78. The number of nitrogens with one attached hydrogen (secondary N) is 1. The summed E-state index contributed by atoms with van der Waals surface area (Å²) in [5.41, 5.74) is 4.57. The lowest BCUT2D eigenvalue weighted by molar-refractivity contribution is -0.384. The minimum absolute atomic E-state index is 0.000317. The summed E-state index contributed by atoms with van der Waals surface area (Å²) >= 11 is 0. The minimum Gasteiger partial charge on any atom is -0.340 e. The van der Waals surface area contributed by atoms with Crippen LogP contribution in [0.3, 0.4) is 0 Å². The van der Waals surface area contributed by atoms with Crippen molar-refractivity contribution in [3.63, 3.8) is 0 Å². The molecule has 0 saturated carbocycles. The number of benzene rings is 2. The summed E-state index contributed by atoms with van der Waals surface area (Å²) in [4.78, 5) is 23.3. The van der Waals surface area contributed by atoms with E-state index in [1.807, 2.05) is 42.6 Å². The van der Waals surface area contributed by atoms with Crippen molar-refractivity contribution >= 4 is 33.7 Å². The van der Waals surface area contributed by atoms with Gasteiger partial charge in [0.05, 0.1) is 10.4 Å². The Morgan fingerprint density at radius 3 is 2.63 bits per heavy atom. The van der Waals surface area contributed by atoms with Crippen molar-refractivity contribution in [1.29, 1.82) is 0 Å². The van der Waals surface area contributed by atoms with Gasteiger partial charge in [-0.05, 0) is 47.9 Å². The fraction of sp³-hybridized carbons (Fsp3) is 0.0476. The van der Waals surface area contributed by atoms with Crippen LogP contribution in [0.25, 0.3) is 16.6 Å². The largest absolute Gasteiger partial charge is 0.340 e. The molecule has 0 aliphatic heterocycles. The first-order chi connectivity index (χ1) is 14.7. The molecule has 0 atom stereocenters. The second-order valence-electron chi connectivity index (χ2n) is 6.78. The standard InChI is InChI=1S/C21H15N7O2/c29-28(30)17-5-6-19-18(11-17)21(24-12-22-19)26-16-3-1-14(2-4-16)9-15-7-8-27-20(10-15)23-13-25-27/h1-8,10-13H,9H2,(H,22,24,26). The molecular weight excluding hydrogens is 382 g/mol. The average molecular weight is 397 g/mol. The lowest BCUT2D eigenvalue weighted by Crippen LogP contribution is -1.97. The maximum Gasteiger partial charge on any atom is 0.270 e. The summed E-state index contributed by atoms with van der Waals surface area (Å²) in [6, 6.07) is 16.5. The van der Waals surface area contributed by atoms with Gasteiger partial charge in [-0.1, -0.05) is 12.1 Å². The Kier molecular flexibility index (Phi) is 4.25. The third-order valence-corrected chi connectivity index (χ3v) is 4.80.